The summed E-state index contributed by atoms with van der Waals surface area (Å²) < 4.78 is 5.20. The third kappa shape index (κ3) is 2.56. The molecule has 0 aliphatic carbocycles. The summed E-state index contributed by atoms with van der Waals surface area (Å²) in [6, 6.07) is 3.83. The van der Waals surface area contributed by atoms with Crippen molar-refractivity contribution in [3.05, 3.63) is 42.1 Å². The van der Waals surface area contributed by atoms with Crippen molar-refractivity contribution in [1.29, 1.82) is 0 Å². The van der Waals surface area contributed by atoms with E-state index >= 15 is 0 Å². The van der Waals surface area contributed by atoms with Gasteiger partial charge in [0.2, 0.25) is 5.88 Å². The quantitative estimate of drug-likeness (QED) is 0.894. The molecule has 0 saturated heterocycles. The number of rotatable bonds is 4. The van der Waals surface area contributed by atoms with Gasteiger partial charge in [0.15, 0.2) is 0 Å². The third-order valence-electron chi connectivity index (χ3n) is 2.67. The van der Waals surface area contributed by atoms with Crippen molar-refractivity contribution in [1.82, 2.24) is 15.0 Å². The van der Waals surface area contributed by atoms with Gasteiger partial charge in [-0.25, -0.2) is 4.98 Å². The van der Waals surface area contributed by atoms with Crippen molar-refractivity contribution >= 4 is 5.69 Å². The van der Waals surface area contributed by atoms with Crippen molar-refractivity contribution in [2.45, 2.75) is 19.9 Å². The summed E-state index contributed by atoms with van der Waals surface area (Å²) in [5.41, 5.74) is 2.68. The molecular formula is C13H16N4O. The highest BCUT2D eigenvalue weighted by Gasteiger charge is 2.12. The lowest BCUT2D eigenvalue weighted by molar-refractivity contribution is 0.399. The summed E-state index contributed by atoms with van der Waals surface area (Å²) in [6.07, 6.45) is 5.08. The molecule has 5 nitrogen and oxygen atoms in total. The van der Waals surface area contributed by atoms with Crippen molar-refractivity contribution in [2.24, 2.45) is 0 Å². The fraction of sp³-hybridized carbons (Fsp3) is 0.308. The van der Waals surface area contributed by atoms with E-state index in [2.05, 4.69) is 20.3 Å². The molecule has 1 unspecified atom stereocenters. The maximum atomic E-state index is 5.20. The molecule has 0 radical (unpaired) electrons. The average molecular weight is 244 g/mol. The molecular weight excluding hydrogens is 228 g/mol. The Morgan fingerprint density at radius 1 is 1.17 bits per heavy atom. The molecule has 0 aliphatic rings. The Balaban J connectivity index is 2.21. The van der Waals surface area contributed by atoms with Gasteiger partial charge < -0.3 is 10.1 Å². The van der Waals surface area contributed by atoms with Gasteiger partial charge in [-0.05, 0) is 26.0 Å². The highest BCUT2D eigenvalue weighted by molar-refractivity contribution is 5.53. The van der Waals surface area contributed by atoms with E-state index in [0.717, 1.165) is 17.1 Å². The van der Waals surface area contributed by atoms with Gasteiger partial charge >= 0.3 is 0 Å². The zero-order valence-corrected chi connectivity index (χ0v) is 10.7. The number of ether oxygens (including phenoxy) is 1. The van der Waals surface area contributed by atoms with Crippen LogP contribution in [0.15, 0.2) is 30.7 Å². The van der Waals surface area contributed by atoms with Crippen molar-refractivity contribution < 1.29 is 4.74 Å². The van der Waals surface area contributed by atoms with Crippen LogP contribution in [-0.4, -0.2) is 22.1 Å². The van der Waals surface area contributed by atoms with E-state index in [0.29, 0.717) is 5.88 Å². The minimum Gasteiger partial charge on any atom is -0.480 e. The SMILES string of the molecule is COc1ncccc1NC(C)c1nccnc1C. The number of aryl methyl sites for hydroxylation is 1. The minimum absolute atomic E-state index is 0.0387. The first kappa shape index (κ1) is 12.3. The summed E-state index contributed by atoms with van der Waals surface area (Å²) in [4.78, 5) is 12.7. The Kier molecular flexibility index (Phi) is 3.72. The molecule has 2 rings (SSSR count). The van der Waals surface area contributed by atoms with Crippen molar-refractivity contribution in [3.8, 4) is 5.88 Å². The standard InChI is InChI=1S/C13H16N4O/c1-9-12(15-8-7-14-9)10(2)17-11-5-4-6-16-13(11)18-3/h4-8,10,17H,1-3H3. The van der Waals surface area contributed by atoms with Crippen LogP contribution >= 0.6 is 0 Å². The number of hydrogen-bond donors (Lipinski definition) is 1. The molecule has 18 heavy (non-hydrogen) atoms. The summed E-state index contributed by atoms with van der Waals surface area (Å²) in [5, 5.41) is 3.33. The molecule has 1 atom stereocenters. The lowest BCUT2D eigenvalue weighted by atomic mass is 10.2. The van der Waals surface area contributed by atoms with Gasteiger partial charge in [0, 0.05) is 18.6 Å². The Hall–Kier alpha value is -2.17. The van der Waals surface area contributed by atoms with E-state index in [1.165, 1.54) is 0 Å². The van der Waals surface area contributed by atoms with Crippen LogP contribution < -0.4 is 10.1 Å². The van der Waals surface area contributed by atoms with Gasteiger partial charge in [0.05, 0.1) is 30.2 Å². The zero-order valence-electron chi connectivity index (χ0n) is 10.7. The maximum Gasteiger partial charge on any atom is 0.237 e. The van der Waals surface area contributed by atoms with E-state index < -0.39 is 0 Å². The fourth-order valence-electron chi connectivity index (χ4n) is 1.81. The molecule has 0 saturated carbocycles. The van der Waals surface area contributed by atoms with Crippen molar-refractivity contribution in [3.63, 3.8) is 0 Å². The molecule has 0 aromatic carbocycles. The third-order valence-corrected chi connectivity index (χ3v) is 2.67. The molecule has 0 spiro atoms. The summed E-state index contributed by atoms with van der Waals surface area (Å²) in [6.45, 7) is 3.98. The second-order valence-corrected chi connectivity index (χ2v) is 3.95. The monoisotopic (exact) mass is 244 g/mol. The number of nitrogens with zero attached hydrogens (tertiary/aromatic N) is 3. The molecule has 0 fully saturated rings. The highest BCUT2D eigenvalue weighted by Crippen LogP contribution is 2.25. The van der Waals surface area contributed by atoms with Gasteiger partial charge in [-0.15, -0.1) is 0 Å². The average Bonchev–Trinajstić information content (AvgIpc) is 2.39. The summed E-state index contributed by atoms with van der Waals surface area (Å²) >= 11 is 0. The van der Waals surface area contributed by atoms with Gasteiger partial charge in [-0.1, -0.05) is 0 Å². The minimum atomic E-state index is 0.0387. The molecule has 0 amide bonds. The normalized spacial score (nSPS) is 11.9. The Morgan fingerprint density at radius 2 is 1.94 bits per heavy atom. The van der Waals surface area contributed by atoms with Crippen LogP contribution in [0.3, 0.4) is 0 Å². The number of methoxy groups -OCH3 is 1. The second kappa shape index (κ2) is 5.44. The van der Waals surface area contributed by atoms with Crippen LogP contribution in [0.5, 0.6) is 5.88 Å². The molecule has 1 N–H and O–H groups in total. The van der Waals surface area contributed by atoms with Crippen LogP contribution in [0.4, 0.5) is 5.69 Å². The Bertz CT molecular complexity index is 530. The highest BCUT2D eigenvalue weighted by atomic mass is 16.5. The van der Waals surface area contributed by atoms with E-state index in [1.807, 2.05) is 26.0 Å². The van der Waals surface area contributed by atoms with Gasteiger partial charge in [0.1, 0.15) is 0 Å². The summed E-state index contributed by atoms with van der Waals surface area (Å²) in [7, 11) is 1.60. The zero-order chi connectivity index (χ0) is 13.0. The molecule has 2 aromatic rings. The van der Waals surface area contributed by atoms with E-state index in [4.69, 9.17) is 4.74 Å². The van der Waals surface area contributed by atoms with E-state index in [1.54, 1.807) is 25.7 Å². The molecule has 5 heteroatoms. The Morgan fingerprint density at radius 3 is 2.67 bits per heavy atom. The lowest BCUT2D eigenvalue weighted by Crippen LogP contribution is -2.12. The Labute approximate surface area is 106 Å². The second-order valence-electron chi connectivity index (χ2n) is 3.95. The largest absolute Gasteiger partial charge is 0.480 e. The number of anilines is 1. The van der Waals surface area contributed by atoms with Crippen LogP contribution in [0.25, 0.3) is 0 Å². The van der Waals surface area contributed by atoms with Gasteiger partial charge in [0.25, 0.3) is 0 Å². The first-order valence-corrected chi connectivity index (χ1v) is 5.75. The predicted molar refractivity (Wildman–Crippen MR) is 69.6 cm³/mol. The van der Waals surface area contributed by atoms with Gasteiger partial charge in [-0.2, -0.15) is 0 Å². The smallest absolute Gasteiger partial charge is 0.237 e. The number of hydrogen-bond acceptors (Lipinski definition) is 5. The first-order chi connectivity index (χ1) is 8.72. The first-order valence-electron chi connectivity index (χ1n) is 5.75. The van der Waals surface area contributed by atoms with Crippen LogP contribution in [0.1, 0.15) is 24.4 Å². The van der Waals surface area contributed by atoms with Crippen LogP contribution in [-0.2, 0) is 0 Å². The molecule has 0 aliphatic heterocycles. The van der Waals surface area contributed by atoms with Crippen LogP contribution in [0.2, 0.25) is 0 Å². The van der Waals surface area contributed by atoms with Gasteiger partial charge in [-0.3, -0.25) is 9.97 Å². The fourth-order valence-corrected chi connectivity index (χ4v) is 1.81. The molecule has 0 bridgehead atoms. The van der Waals surface area contributed by atoms with Crippen LogP contribution in [0, 0.1) is 6.92 Å². The van der Waals surface area contributed by atoms with Crippen molar-refractivity contribution in [2.75, 3.05) is 12.4 Å². The topological polar surface area (TPSA) is 59.9 Å². The predicted octanol–water partition coefficient (Wildman–Crippen LogP) is 2.36. The summed E-state index contributed by atoms with van der Waals surface area (Å²) in [5.74, 6) is 0.575. The molecule has 2 heterocycles. The molecule has 2 aromatic heterocycles. The van der Waals surface area contributed by atoms with E-state index in [9.17, 15) is 0 Å². The molecule has 94 valence electrons. The maximum absolute atomic E-state index is 5.20. The number of pyridine rings is 1. The number of nitrogens with one attached hydrogen (secondary N) is 1. The van der Waals surface area contributed by atoms with E-state index in [-0.39, 0.29) is 6.04 Å². The number of aromatic nitrogens is 3. The lowest BCUT2D eigenvalue weighted by Gasteiger charge is -2.17.